The van der Waals surface area contributed by atoms with Crippen LogP contribution in [0.4, 0.5) is 5.69 Å². The number of methoxy groups -OCH3 is 1. The number of ether oxygens (including phenoxy) is 1. The highest BCUT2D eigenvalue weighted by molar-refractivity contribution is 5.54. The smallest absolute Gasteiger partial charge is 0.141 e. The van der Waals surface area contributed by atoms with Crippen molar-refractivity contribution in [3.8, 4) is 5.75 Å². The van der Waals surface area contributed by atoms with Gasteiger partial charge in [0.25, 0.3) is 0 Å². The van der Waals surface area contributed by atoms with E-state index in [4.69, 9.17) is 10.5 Å². The van der Waals surface area contributed by atoms with Crippen molar-refractivity contribution in [3.63, 3.8) is 0 Å². The Hall–Kier alpha value is -1.22. The van der Waals surface area contributed by atoms with Crippen molar-refractivity contribution in [1.82, 2.24) is 4.90 Å². The average Bonchev–Trinajstić information content (AvgIpc) is 2.76. The minimum Gasteiger partial charge on any atom is -0.495 e. The van der Waals surface area contributed by atoms with Gasteiger partial charge in [0, 0.05) is 12.6 Å². The van der Waals surface area contributed by atoms with Gasteiger partial charge in [-0.1, -0.05) is 13.0 Å². The third kappa shape index (κ3) is 2.72. The van der Waals surface area contributed by atoms with Crippen LogP contribution in [-0.2, 0) is 6.54 Å². The largest absolute Gasteiger partial charge is 0.495 e. The summed E-state index contributed by atoms with van der Waals surface area (Å²) in [6.07, 6.45) is 3.90. The molecule has 0 amide bonds. The zero-order valence-electron chi connectivity index (χ0n) is 10.8. The lowest BCUT2D eigenvalue weighted by Crippen LogP contribution is -2.28. The molecule has 1 aliphatic heterocycles. The SMILES string of the molecule is CCC1CCCN1Cc1ccc(OC)c(N)c1. The molecule has 1 aromatic rings. The number of hydrogen-bond acceptors (Lipinski definition) is 3. The van der Waals surface area contributed by atoms with E-state index in [-0.39, 0.29) is 0 Å². The van der Waals surface area contributed by atoms with E-state index in [1.54, 1.807) is 7.11 Å². The van der Waals surface area contributed by atoms with Crippen LogP contribution in [0.1, 0.15) is 31.7 Å². The molecule has 3 nitrogen and oxygen atoms in total. The van der Waals surface area contributed by atoms with Crippen LogP contribution in [0, 0.1) is 0 Å². The second kappa shape index (κ2) is 5.41. The van der Waals surface area contributed by atoms with Crippen LogP contribution in [0.15, 0.2) is 18.2 Å². The van der Waals surface area contributed by atoms with Gasteiger partial charge in [-0.2, -0.15) is 0 Å². The van der Waals surface area contributed by atoms with E-state index >= 15 is 0 Å². The van der Waals surface area contributed by atoms with Crippen LogP contribution in [0.3, 0.4) is 0 Å². The first-order valence-corrected chi connectivity index (χ1v) is 6.41. The number of nitrogens with zero attached hydrogens (tertiary/aromatic N) is 1. The molecule has 0 radical (unpaired) electrons. The predicted molar refractivity (Wildman–Crippen MR) is 71.1 cm³/mol. The van der Waals surface area contributed by atoms with Crippen molar-refractivity contribution in [3.05, 3.63) is 23.8 Å². The maximum absolute atomic E-state index is 5.93. The molecule has 1 aromatic carbocycles. The molecular weight excluding hydrogens is 212 g/mol. The van der Waals surface area contributed by atoms with Crippen LogP contribution in [0.25, 0.3) is 0 Å². The first kappa shape index (κ1) is 12.2. The molecule has 1 saturated heterocycles. The molecule has 17 heavy (non-hydrogen) atoms. The fourth-order valence-electron chi connectivity index (χ4n) is 2.68. The van der Waals surface area contributed by atoms with Gasteiger partial charge in [0.1, 0.15) is 5.75 Å². The van der Waals surface area contributed by atoms with E-state index in [1.807, 2.05) is 12.1 Å². The summed E-state index contributed by atoms with van der Waals surface area (Å²) in [4.78, 5) is 2.56. The quantitative estimate of drug-likeness (QED) is 0.814. The Kier molecular flexibility index (Phi) is 3.89. The maximum Gasteiger partial charge on any atom is 0.141 e. The van der Waals surface area contributed by atoms with Crippen molar-refractivity contribution in [1.29, 1.82) is 0 Å². The summed E-state index contributed by atoms with van der Waals surface area (Å²) in [5, 5.41) is 0. The van der Waals surface area contributed by atoms with Gasteiger partial charge in [-0.25, -0.2) is 0 Å². The summed E-state index contributed by atoms with van der Waals surface area (Å²) < 4.78 is 5.17. The molecule has 1 atom stereocenters. The van der Waals surface area contributed by atoms with E-state index < -0.39 is 0 Å². The highest BCUT2D eigenvalue weighted by Crippen LogP contribution is 2.26. The topological polar surface area (TPSA) is 38.5 Å². The Morgan fingerprint density at radius 3 is 2.94 bits per heavy atom. The number of anilines is 1. The lowest BCUT2D eigenvalue weighted by Gasteiger charge is -2.23. The molecule has 1 heterocycles. The summed E-state index contributed by atoms with van der Waals surface area (Å²) in [6, 6.07) is 6.85. The standard InChI is InChI=1S/C14H22N2O/c1-3-12-5-4-8-16(12)10-11-6-7-14(17-2)13(15)9-11/h6-7,9,12H,3-5,8,10,15H2,1-2H3. The van der Waals surface area contributed by atoms with Crippen molar-refractivity contribution in [2.45, 2.75) is 38.8 Å². The second-order valence-corrected chi connectivity index (χ2v) is 4.75. The van der Waals surface area contributed by atoms with E-state index in [0.717, 1.165) is 24.0 Å². The highest BCUT2D eigenvalue weighted by Gasteiger charge is 2.22. The number of hydrogen-bond donors (Lipinski definition) is 1. The van der Waals surface area contributed by atoms with Gasteiger partial charge < -0.3 is 10.5 Å². The Bertz CT molecular complexity index is 378. The van der Waals surface area contributed by atoms with Gasteiger partial charge in [-0.15, -0.1) is 0 Å². The monoisotopic (exact) mass is 234 g/mol. The minimum atomic E-state index is 0.734. The summed E-state index contributed by atoms with van der Waals surface area (Å²) in [6.45, 7) is 4.49. The Balaban J connectivity index is 2.05. The van der Waals surface area contributed by atoms with E-state index in [0.29, 0.717) is 0 Å². The Labute approximate surface area is 104 Å². The zero-order chi connectivity index (χ0) is 12.3. The third-order valence-corrected chi connectivity index (χ3v) is 3.65. The minimum absolute atomic E-state index is 0.734. The van der Waals surface area contributed by atoms with Gasteiger partial charge in [-0.05, 0) is 43.5 Å². The molecule has 2 N–H and O–H groups in total. The first-order chi connectivity index (χ1) is 8.24. The Morgan fingerprint density at radius 2 is 2.29 bits per heavy atom. The fourth-order valence-corrected chi connectivity index (χ4v) is 2.68. The zero-order valence-corrected chi connectivity index (χ0v) is 10.8. The first-order valence-electron chi connectivity index (χ1n) is 6.41. The lowest BCUT2D eigenvalue weighted by atomic mass is 10.1. The molecule has 0 aromatic heterocycles. The van der Waals surface area contributed by atoms with Crippen molar-refractivity contribution in [2.75, 3.05) is 19.4 Å². The predicted octanol–water partition coefficient (Wildman–Crippen LogP) is 2.65. The summed E-state index contributed by atoms with van der Waals surface area (Å²) >= 11 is 0. The second-order valence-electron chi connectivity index (χ2n) is 4.75. The van der Waals surface area contributed by atoms with Gasteiger partial charge in [0.15, 0.2) is 0 Å². The number of nitrogen functional groups attached to an aromatic ring is 1. The molecule has 0 saturated carbocycles. The molecule has 0 spiro atoms. The van der Waals surface area contributed by atoms with Gasteiger partial charge >= 0.3 is 0 Å². The molecular formula is C14H22N2O. The average molecular weight is 234 g/mol. The highest BCUT2D eigenvalue weighted by atomic mass is 16.5. The molecule has 1 fully saturated rings. The molecule has 3 heteroatoms. The Morgan fingerprint density at radius 1 is 1.47 bits per heavy atom. The molecule has 0 bridgehead atoms. The van der Waals surface area contributed by atoms with Gasteiger partial charge in [0.2, 0.25) is 0 Å². The van der Waals surface area contributed by atoms with Crippen LogP contribution < -0.4 is 10.5 Å². The lowest BCUT2D eigenvalue weighted by molar-refractivity contribution is 0.240. The number of rotatable bonds is 4. The number of likely N-dealkylation sites (tertiary alicyclic amines) is 1. The van der Waals surface area contributed by atoms with Crippen molar-refractivity contribution in [2.24, 2.45) is 0 Å². The molecule has 1 aliphatic rings. The normalized spacial score (nSPS) is 20.7. The summed E-state index contributed by atoms with van der Waals surface area (Å²) in [5.41, 5.74) is 7.94. The van der Waals surface area contributed by atoms with Gasteiger partial charge in [0.05, 0.1) is 12.8 Å². The molecule has 1 unspecified atom stereocenters. The maximum atomic E-state index is 5.93. The van der Waals surface area contributed by atoms with Crippen LogP contribution in [-0.4, -0.2) is 24.6 Å². The van der Waals surface area contributed by atoms with Crippen LogP contribution in [0.5, 0.6) is 5.75 Å². The van der Waals surface area contributed by atoms with E-state index in [9.17, 15) is 0 Å². The summed E-state index contributed by atoms with van der Waals surface area (Å²) in [5.74, 6) is 0.766. The van der Waals surface area contributed by atoms with E-state index in [2.05, 4.69) is 17.9 Å². The van der Waals surface area contributed by atoms with Crippen molar-refractivity contribution >= 4 is 5.69 Å². The molecule has 94 valence electrons. The fraction of sp³-hybridized carbons (Fsp3) is 0.571. The summed E-state index contributed by atoms with van der Waals surface area (Å²) in [7, 11) is 1.65. The van der Waals surface area contributed by atoms with Gasteiger partial charge in [-0.3, -0.25) is 4.90 Å². The third-order valence-electron chi connectivity index (χ3n) is 3.65. The molecule has 0 aliphatic carbocycles. The number of nitrogens with two attached hydrogens (primary N) is 1. The van der Waals surface area contributed by atoms with Crippen molar-refractivity contribution < 1.29 is 4.74 Å². The van der Waals surface area contributed by atoms with Crippen LogP contribution >= 0.6 is 0 Å². The molecule has 2 rings (SSSR count). The number of benzene rings is 1. The van der Waals surface area contributed by atoms with E-state index in [1.165, 1.54) is 31.4 Å². The van der Waals surface area contributed by atoms with Crippen LogP contribution in [0.2, 0.25) is 0 Å².